The van der Waals surface area contributed by atoms with Gasteiger partial charge in [0.15, 0.2) is 0 Å². The number of anilines is 2. The molecule has 2 amide bonds. The van der Waals surface area contributed by atoms with Gasteiger partial charge in [0.25, 0.3) is 0 Å². The van der Waals surface area contributed by atoms with Crippen molar-refractivity contribution in [2.45, 2.75) is 23.1 Å². The molecule has 0 aromatic heterocycles. The third-order valence-electron chi connectivity index (χ3n) is 6.21. The minimum absolute atomic E-state index is 0.115. The van der Waals surface area contributed by atoms with Crippen molar-refractivity contribution in [3.63, 3.8) is 0 Å². The molecule has 2 aromatic rings. The van der Waals surface area contributed by atoms with E-state index in [-0.39, 0.29) is 29.0 Å². The van der Waals surface area contributed by atoms with Gasteiger partial charge in [0.1, 0.15) is 6.54 Å². The molecule has 0 atom stereocenters. The van der Waals surface area contributed by atoms with Gasteiger partial charge >= 0.3 is 0 Å². The van der Waals surface area contributed by atoms with Gasteiger partial charge in [0, 0.05) is 43.3 Å². The molecule has 0 bridgehead atoms. The number of nitrogens with one attached hydrogen (secondary N) is 1. The van der Waals surface area contributed by atoms with Crippen molar-refractivity contribution in [1.82, 2.24) is 9.62 Å². The van der Waals surface area contributed by atoms with Crippen LogP contribution in [0.1, 0.15) is 13.3 Å². The molecule has 9 nitrogen and oxygen atoms in total. The predicted octanol–water partition coefficient (Wildman–Crippen LogP) is 2.18. The fourth-order valence-corrected chi connectivity index (χ4v) is 6.60. The molecule has 36 heavy (non-hydrogen) atoms. The quantitative estimate of drug-likeness (QED) is 0.468. The zero-order valence-corrected chi connectivity index (χ0v) is 22.0. The van der Waals surface area contributed by atoms with Crippen molar-refractivity contribution < 1.29 is 22.7 Å². The number of ether oxygens (including phenoxy) is 1. The van der Waals surface area contributed by atoms with E-state index in [1.165, 1.54) is 27.0 Å². The van der Waals surface area contributed by atoms with E-state index in [1.807, 2.05) is 18.2 Å². The summed E-state index contributed by atoms with van der Waals surface area (Å²) in [6, 6.07) is 14.9. The molecule has 2 aromatic carbocycles. The molecule has 1 fully saturated rings. The van der Waals surface area contributed by atoms with Crippen LogP contribution in [0.25, 0.3) is 0 Å². The first-order valence-corrected chi connectivity index (χ1v) is 14.5. The Labute approximate surface area is 216 Å². The second kappa shape index (κ2) is 12.1. The molecule has 11 heteroatoms. The van der Waals surface area contributed by atoms with Crippen LogP contribution in [0.5, 0.6) is 0 Å². The maximum absolute atomic E-state index is 13.1. The number of thioether (sulfide) groups is 1. The number of para-hydroxylation sites is 1. The van der Waals surface area contributed by atoms with Crippen molar-refractivity contribution in [2.75, 3.05) is 68.0 Å². The molecule has 1 saturated heterocycles. The summed E-state index contributed by atoms with van der Waals surface area (Å²) in [6.45, 7) is 5.38. The number of benzene rings is 2. The highest BCUT2D eigenvalue weighted by Crippen LogP contribution is 2.37. The van der Waals surface area contributed by atoms with Gasteiger partial charge in [-0.2, -0.15) is 4.31 Å². The third kappa shape index (κ3) is 6.20. The predicted molar refractivity (Wildman–Crippen MR) is 141 cm³/mol. The summed E-state index contributed by atoms with van der Waals surface area (Å²) in [5.74, 6) is -0.284. The molecule has 194 valence electrons. The Bertz CT molecular complexity index is 1170. The monoisotopic (exact) mass is 532 g/mol. The molecule has 0 radical (unpaired) electrons. The molecule has 4 rings (SSSR count). The average Bonchev–Trinajstić information content (AvgIpc) is 2.91. The fraction of sp³-hybridized carbons (Fsp3) is 0.440. The minimum atomic E-state index is -3.72. The Kier molecular flexibility index (Phi) is 8.89. The van der Waals surface area contributed by atoms with Crippen LogP contribution in [0.4, 0.5) is 11.4 Å². The molecule has 0 saturated carbocycles. The van der Waals surface area contributed by atoms with Gasteiger partial charge in [-0.15, -0.1) is 11.8 Å². The zero-order valence-electron chi connectivity index (χ0n) is 20.4. The average molecular weight is 533 g/mol. The smallest absolute Gasteiger partial charge is 0.243 e. The summed E-state index contributed by atoms with van der Waals surface area (Å²) in [5, 5.41) is 2.90. The Hall–Kier alpha value is -2.60. The molecular weight excluding hydrogens is 500 g/mol. The Morgan fingerprint density at radius 2 is 1.89 bits per heavy atom. The van der Waals surface area contributed by atoms with Crippen molar-refractivity contribution in [1.29, 1.82) is 0 Å². The SMILES string of the molecule is CCN(CCCNC(=O)CN1C(=O)CSc2ccc(S(=O)(=O)N3CCOCC3)cc21)c1ccccc1. The van der Waals surface area contributed by atoms with E-state index in [2.05, 4.69) is 29.3 Å². The first kappa shape index (κ1) is 26.5. The molecule has 1 N–H and O–H groups in total. The van der Waals surface area contributed by atoms with Crippen LogP contribution in [0, 0.1) is 0 Å². The number of rotatable bonds is 10. The minimum Gasteiger partial charge on any atom is -0.379 e. The molecule has 2 aliphatic rings. The van der Waals surface area contributed by atoms with E-state index >= 15 is 0 Å². The summed E-state index contributed by atoms with van der Waals surface area (Å²) in [5.41, 5.74) is 1.60. The fourth-order valence-electron chi connectivity index (χ4n) is 4.26. The summed E-state index contributed by atoms with van der Waals surface area (Å²) in [7, 11) is -3.72. The standard InChI is InChI=1S/C25H32N4O5S2/c1-2-27(20-7-4-3-5-8-20)12-6-11-26-24(30)18-29-22-17-21(9-10-23(22)35-19-25(29)31)36(32,33)28-13-15-34-16-14-28/h3-5,7-10,17H,2,6,11-16,18-19H2,1H3,(H,26,30). The second-order valence-corrected chi connectivity index (χ2v) is 11.5. The van der Waals surface area contributed by atoms with E-state index in [4.69, 9.17) is 4.74 Å². The van der Waals surface area contributed by atoms with Gasteiger partial charge in [-0.3, -0.25) is 9.59 Å². The number of carbonyl (C=O) groups excluding carboxylic acids is 2. The van der Waals surface area contributed by atoms with Crippen molar-refractivity contribution in [2.24, 2.45) is 0 Å². The van der Waals surface area contributed by atoms with E-state index in [0.29, 0.717) is 38.5 Å². The number of amides is 2. The van der Waals surface area contributed by atoms with Crippen molar-refractivity contribution >= 4 is 45.0 Å². The maximum Gasteiger partial charge on any atom is 0.243 e. The lowest BCUT2D eigenvalue weighted by atomic mass is 10.2. The van der Waals surface area contributed by atoms with Crippen LogP contribution < -0.4 is 15.1 Å². The summed E-state index contributed by atoms with van der Waals surface area (Å²) in [4.78, 5) is 30.0. The molecule has 0 unspecified atom stereocenters. The lowest BCUT2D eigenvalue weighted by Gasteiger charge is -2.30. The number of sulfonamides is 1. The van der Waals surface area contributed by atoms with E-state index < -0.39 is 10.0 Å². The normalized spacial score (nSPS) is 16.5. The molecule has 0 aliphatic carbocycles. The maximum atomic E-state index is 13.1. The van der Waals surface area contributed by atoms with Crippen LogP contribution >= 0.6 is 11.8 Å². The van der Waals surface area contributed by atoms with Crippen LogP contribution in [0.15, 0.2) is 58.3 Å². The number of hydrogen-bond donors (Lipinski definition) is 1. The van der Waals surface area contributed by atoms with E-state index in [0.717, 1.165) is 30.1 Å². The van der Waals surface area contributed by atoms with Crippen molar-refractivity contribution in [3.8, 4) is 0 Å². The van der Waals surface area contributed by atoms with Gasteiger partial charge in [-0.25, -0.2) is 8.42 Å². The number of hydrogen-bond acceptors (Lipinski definition) is 7. The van der Waals surface area contributed by atoms with Crippen molar-refractivity contribution in [3.05, 3.63) is 48.5 Å². The number of nitrogens with zero attached hydrogens (tertiary/aromatic N) is 3. The number of morpholine rings is 1. The molecule has 2 aliphatic heterocycles. The molecular formula is C25H32N4O5S2. The van der Waals surface area contributed by atoms with Crippen LogP contribution in [0.2, 0.25) is 0 Å². The first-order chi connectivity index (χ1) is 17.4. The Morgan fingerprint density at radius 3 is 2.61 bits per heavy atom. The number of carbonyl (C=O) groups is 2. The topological polar surface area (TPSA) is 99.3 Å². The number of fused-ring (bicyclic) bond motifs is 1. The molecule has 0 spiro atoms. The third-order valence-corrected chi connectivity index (χ3v) is 9.16. The van der Waals surface area contributed by atoms with Crippen LogP contribution in [-0.2, 0) is 24.3 Å². The highest BCUT2D eigenvalue weighted by atomic mass is 32.2. The van der Waals surface area contributed by atoms with E-state index in [1.54, 1.807) is 12.1 Å². The lowest BCUT2D eigenvalue weighted by Crippen LogP contribution is -2.44. The van der Waals surface area contributed by atoms with E-state index in [9.17, 15) is 18.0 Å². The Balaban J connectivity index is 1.38. The second-order valence-electron chi connectivity index (χ2n) is 8.53. The Morgan fingerprint density at radius 1 is 1.14 bits per heavy atom. The highest BCUT2D eigenvalue weighted by Gasteiger charge is 2.31. The van der Waals surface area contributed by atoms with Gasteiger partial charge in [-0.1, -0.05) is 18.2 Å². The van der Waals surface area contributed by atoms with Gasteiger partial charge in [0.2, 0.25) is 21.8 Å². The zero-order chi connectivity index (χ0) is 25.5. The summed E-state index contributed by atoms with van der Waals surface area (Å²) < 4.78 is 32.9. The van der Waals surface area contributed by atoms with Crippen LogP contribution in [-0.4, -0.2) is 82.8 Å². The van der Waals surface area contributed by atoms with Gasteiger partial charge < -0.3 is 19.9 Å². The van der Waals surface area contributed by atoms with Gasteiger partial charge in [0.05, 0.1) is 29.5 Å². The lowest BCUT2D eigenvalue weighted by molar-refractivity contribution is -0.122. The first-order valence-electron chi connectivity index (χ1n) is 12.1. The largest absolute Gasteiger partial charge is 0.379 e. The van der Waals surface area contributed by atoms with Gasteiger partial charge in [-0.05, 0) is 43.7 Å². The molecule has 2 heterocycles. The summed E-state index contributed by atoms with van der Waals surface area (Å²) >= 11 is 1.35. The van der Waals surface area contributed by atoms with Crippen LogP contribution in [0.3, 0.4) is 0 Å². The highest BCUT2D eigenvalue weighted by molar-refractivity contribution is 8.00. The summed E-state index contributed by atoms with van der Waals surface area (Å²) in [6.07, 6.45) is 0.761.